The van der Waals surface area contributed by atoms with Crippen LogP contribution in [0.3, 0.4) is 0 Å². The minimum absolute atomic E-state index is 0.126. The molecular weight excluding hydrogens is 230 g/mol. The molecule has 1 N–H and O–H groups in total. The van der Waals surface area contributed by atoms with Crippen molar-refractivity contribution in [2.45, 2.75) is 0 Å². The minimum Gasteiger partial charge on any atom is -0.508 e. The predicted molar refractivity (Wildman–Crippen MR) is 67.4 cm³/mol. The smallest absolute Gasteiger partial charge is 0.193 e. The summed E-state index contributed by atoms with van der Waals surface area (Å²) in [5, 5.41) is 9.92. The Labute approximate surface area is 102 Å². The van der Waals surface area contributed by atoms with E-state index in [1.165, 1.54) is 12.3 Å². The van der Waals surface area contributed by atoms with Gasteiger partial charge in [0.15, 0.2) is 11.0 Å². The van der Waals surface area contributed by atoms with E-state index in [0.717, 1.165) is 0 Å². The molecule has 4 heteroatoms. The van der Waals surface area contributed by atoms with Crippen molar-refractivity contribution >= 4 is 11.0 Å². The van der Waals surface area contributed by atoms with Crippen molar-refractivity contribution in [3.8, 4) is 17.1 Å². The van der Waals surface area contributed by atoms with Crippen LogP contribution in [0.15, 0.2) is 58.0 Å². The van der Waals surface area contributed by atoms with Gasteiger partial charge in [-0.25, -0.2) is 0 Å². The van der Waals surface area contributed by atoms with Crippen LogP contribution in [0.4, 0.5) is 0 Å². The van der Waals surface area contributed by atoms with E-state index < -0.39 is 0 Å². The Morgan fingerprint density at radius 3 is 2.89 bits per heavy atom. The molecule has 0 unspecified atom stereocenters. The molecule has 0 spiro atoms. The second-order valence-electron chi connectivity index (χ2n) is 3.90. The van der Waals surface area contributed by atoms with Gasteiger partial charge in [0.2, 0.25) is 0 Å². The Hall–Kier alpha value is -2.62. The number of phenolic OH excluding ortho intramolecular Hbond substituents is 1. The molecule has 0 radical (unpaired) electrons. The fourth-order valence-electron chi connectivity index (χ4n) is 1.81. The molecule has 0 aliphatic rings. The van der Waals surface area contributed by atoms with Gasteiger partial charge in [-0.3, -0.25) is 9.78 Å². The van der Waals surface area contributed by atoms with Crippen LogP contribution in [0.5, 0.6) is 5.75 Å². The van der Waals surface area contributed by atoms with Gasteiger partial charge >= 0.3 is 0 Å². The van der Waals surface area contributed by atoms with Crippen molar-refractivity contribution in [2.24, 2.45) is 0 Å². The standard InChI is InChI=1S/C14H9NO3/c16-10-3-1-2-9(6-10)13-7-12(17)11-4-5-15-8-14(11)18-13/h1-8,16H. The summed E-state index contributed by atoms with van der Waals surface area (Å²) in [6, 6.07) is 9.59. The SMILES string of the molecule is O=c1cc(-c2cccc(O)c2)oc2cnccc12. The molecule has 0 amide bonds. The van der Waals surface area contributed by atoms with E-state index in [1.54, 1.807) is 36.5 Å². The fourth-order valence-corrected chi connectivity index (χ4v) is 1.81. The first-order valence-corrected chi connectivity index (χ1v) is 5.41. The predicted octanol–water partition coefficient (Wildman–Crippen LogP) is 2.56. The molecule has 4 nitrogen and oxygen atoms in total. The molecule has 2 heterocycles. The van der Waals surface area contributed by atoms with Gasteiger partial charge in [0, 0.05) is 17.8 Å². The van der Waals surface area contributed by atoms with Crippen LogP contribution in [-0.4, -0.2) is 10.1 Å². The molecule has 88 valence electrons. The van der Waals surface area contributed by atoms with Crippen molar-refractivity contribution in [1.82, 2.24) is 4.98 Å². The Morgan fingerprint density at radius 1 is 1.17 bits per heavy atom. The monoisotopic (exact) mass is 239 g/mol. The molecule has 0 saturated carbocycles. The zero-order valence-corrected chi connectivity index (χ0v) is 9.33. The van der Waals surface area contributed by atoms with Crippen LogP contribution in [0.1, 0.15) is 0 Å². The molecule has 3 aromatic rings. The van der Waals surface area contributed by atoms with Gasteiger partial charge in [-0.05, 0) is 18.2 Å². The molecule has 18 heavy (non-hydrogen) atoms. The second-order valence-corrected chi connectivity index (χ2v) is 3.90. The van der Waals surface area contributed by atoms with Gasteiger partial charge in [0.25, 0.3) is 0 Å². The second kappa shape index (κ2) is 4.00. The number of pyridine rings is 1. The van der Waals surface area contributed by atoms with Crippen molar-refractivity contribution < 1.29 is 9.52 Å². The lowest BCUT2D eigenvalue weighted by molar-refractivity contribution is 0.475. The van der Waals surface area contributed by atoms with Crippen LogP contribution in [-0.2, 0) is 0 Å². The summed E-state index contributed by atoms with van der Waals surface area (Å²) in [5.74, 6) is 0.540. The number of phenols is 1. The maximum atomic E-state index is 11.9. The van der Waals surface area contributed by atoms with Crippen molar-refractivity contribution in [2.75, 3.05) is 0 Å². The molecule has 0 fully saturated rings. The summed E-state index contributed by atoms with van der Waals surface area (Å²) in [7, 11) is 0. The quantitative estimate of drug-likeness (QED) is 0.708. The van der Waals surface area contributed by atoms with E-state index in [-0.39, 0.29) is 11.2 Å². The van der Waals surface area contributed by atoms with E-state index in [0.29, 0.717) is 22.3 Å². The normalized spacial score (nSPS) is 10.7. The molecule has 3 rings (SSSR count). The topological polar surface area (TPSA) is 63.3 Å². The highest BCUT2D eigenvalue weighted by Crippen LogP contribution is 2.24. The highest BCUT2D eigenvalue weighted by Gasteiger charge is 2.07. The molecule has 0 saturated heterocycles. The summed E-state index contributed by atoms with van der Waals surface area (Å²) in [4.78, 5) is 15.8. The first-order valence-electron chi connectivity index (χ1n) is 5.41. The Kier molecular flexibility index (Phi) is 2.34. The third-order valence-electron chi connectivity index (χ3n) is 2.66. The number of hydrogen-bond acceptors (Lipinski definition) is 4. The van der Waals surface area contributed by atoms with Crippen LogP contribution in [0.25, 0.3) is 22.3 Å². The third-order valence-corrected chi connectivity index (χ3v) is 2.66. The molecule has 0 aliphatic carbocycles. The molecular formula is C14H9NO3. The summed E-state index contributed by atoms with van der Waals surface area (Å²) in [6.45, 7) is 0. The number of nitrogens with zero attached hydrogens (tertiary/aromatic N) is 1. The van der Waals surface area contributed by atoms with Crippen molar-refractivity contribution in [1.29, 1.82) is 0 Å². The number of aromatic hydroxyl groups is 1. The zero-order valence-electron chi connectivity index (χ0n) is 9.33. The summed E-state index contributed by atoms with van der Waals surface area (Å²) in [6.07, 6.45) is 3.05. The van der Waals surface area contributed by atoms with Gasteiger partial charge in [-0.15, -0.1) is 0 Å². The van der Waals surface area contributed by atoms with E-state index >= 15 is 0 Å². The average Bonchev–Trinajstić information content (AvgIpc) is 2.39. The first kappa shape index (κ1) is 10.5. The van der Waals surface area contributed by atoms with Gasteiger partial charge in [0.1, 0.15) is 11.5 Å². The average molecular weight is 239 g/mol. The molecule has 0 bridgehead atoms. The van der Waals surface area contributed by atoms with Crippen LogP contribution in [0.2, 0.25) is 0 Å². The molecule has 1 aromatic carbocycles. The summed E-state index contributed by atoms with van der Waals surface area (Å²) >= 11 is 0. The van der Waals surface area contributed by atoms with Gasteiger partial charge in [0.05, 0.1) is 11.6 Å². The number of benzene rings is 1. The molecule has 0 aliphatic heterocycles. The number of hydrogen-bond donors (Lipinski definition) is 1. The number of fused-ring (bicyclic) bond motifs is 1. The maximum Gasteiger partial charge on any atom is 0.193 e. The first-order chi connectivity index (χ1) is 8.74. The van der Waals surface area contributed by atoms with Crippen LogP contribution >= 0.6 is 0 Å². The number of aromatic nitrogens is 1. The fraction of sp³-hybridized carbons (Fsp3) is 0. The highest BCUT2D eigenvalue weighted by atomic mass is 16.3. The number of rotatable bonds is 1. The van der Waals surface area contributed by atoms with Crippen LogP contribution in [0, 0.1) is 0 Å². The minimum atomic E-state index is -0.128. The van der Waals surface area contributed by atoms with Crippen LogP contribution < -0.4 is 5.43 Å². The van der Waals surface area contributed by atoms with Crippen molar-refractivity contribution in [3.05, 3.63) is 59.0 Å². The molecule has 0 atom stereocenters. The van der Waals surface area contributed by atoms with Crippen molar-refractivity contribution in [3.63, 3.8) is 0 Å². The Balaban J connectivity index is 2.28. The van der Waals surface area contributed by atoms with Gasteiger partial charge < -0.3 is 9.52 Å². The largest absolute Gasteiger partial charge is 0.508 e. The Morgan fingerprint density at radius 2 is 2.06 bits per heavy atom. The van der Waals surface area contributed by atoms with Gasteiger partial charge in [-0.2, -0.15) is 0 Å². The lowest BCUT2D eigenvalue weighted by atomic mass is 10.1. The summed E-state index contributed by atoms with van der Waals surface area (Å²) < 4.78 is 5.61. The molecule has 2 aromatic heterocycles. The summed E-state index contributed by atoms with van der Waals surface area (Å²) in [5.41, 5.74) is 0.957. The van der Waals surface area contributed by atoms with Gasteiger partial charge in [-0.1, -0.05) is 12.1 Å². The van der Waals surface area contributed by atoms with E-state index in [1.807, 2.05) is 0 Å². The third kappa shape index (κ3) is 1.73. The highest BCUT2D eigenvalue weighted by molar-refractivity contribution is 5.77. The zero-order chi connectivity index (χ0) is 12.5. The Bertz CT molecular complexity index is 777. The van der Waals surface area contributed by atoms with E-state index in [4.69, 9.17) is 4.42 Å². The maximum absolute atomic E-state index is 11.9. The van der Waals surface area contributed by atoms with E-state index in [2.05, 4.69) is 4.98 Å². The lowest BCUT2D eigenvalue weighted by Gasteiger charge is -2.03. The van der Waals surface area contributed by atoms with E-state index in [9.17, 15) is 9.90 Å². The lowest BCUT2D eigenvalue weighted by Crippen LogP contribution is -2.00.